The molecule has 0 spiro atoms. The Morgan fingerprint density at radius 1 is 1.29 bits per heavy atom. The largest absolute Gasteiger partial charge is 0.442 e. The molecule has 0 saturated heterocycles. The maximum atomic E-state index is 12.8. The van der Waals surface area contributed by atoms with Gasteiger partial charge in [-0.3, -0.25) is 4.79 Å². The average Bonchev–Trinajstić information content (AvgIpc) is 3.24. The summed E-state index contributed by atoms with van der Waals surface area (Å²) in [5.41, 5.74) is 2.90. The average molecular weight is 338 g/mol. The SMILES string of the molecule is Cc1ccc(-c2ocnc2C(=O)N[C@H]2CCCc3ccccc32)s1. The number of fused-ring (bicyclic) bond motifs is 1. The number of aryl methyl sites for hydroxylation is 2. The molecule has 0 radical (unpaired) electrons. The summed E-state index contributed by atoms with van der Waals surface area (Å²) in [6.45, 7) is 2.03. The summed E-state index contributed by atoms with van der Waals surface area (Å²) in [4.78, 5) is 19.0. The molecule has 2 aromatic heterocycles. The number of benzene rings is 1. The number of hydrogen-bond acceptors (Lipinski definition) is 4. The minimum Gasteiger partial charge on any atom is -0.442 e. The smallest absolute Gasteiger partial charge is 0.274 e. The van der Waals surface area contributed by atoms with Gasteiger partial charge in [0.2, 0.25) is 0 Å². The third-order valence-corrected chi connectivity index (χ3v) is 5.42. The van der Waals surface area contributed by atoms with Crippen LogP contribution in [0.15, 0.2) is 47.2 Å². The second-order valence-corrected chi connectivity index (χ2v) is 7.35. The van der Waals surface area contributed by atoms with Crippen molar-refractivity contribution in [1.82, 2.24) is 10.3 Å². The minimum absolute atomic E-state index is 0.0390. The Labute approximate surface area is 144 Å². The van der Waals surface area contributed by atoms with Crippen LogP contribution >= 0.6 is 11.3 Å². The van der Waals surface area contributed by atoms with Crippen LogP contribution in [0, 0.1) is 6.92 Å². The van der Waals surface area contributed by atoms with Crippen LogP contribution < -0.4 is 5.32 Å². The van der Waals surface area contributed by atoms with Crippen molar-refractivity contribution >= 4 is 17.2 Å². The van der Waals surface area contributed by atoms with Gasteiger partial charge < -0.3 is 9.73 Å². The number of nitrogens with zero attached hydrogens (tertiary/aromatic N) is 1. The second-order valence-electron chi connectivity index (χ2n) is 6.06. The van der Waals surface area contributed by atoms with E-state index in [1.165, 1.54) is 22.4 Å². The first kappa shape index (κ1) is 15.1. The van der Waals surface area contributed by atoms with E-state index >= 15 is 0 Å². The normalized spacial score (nSPS) is 16.6. The molecule has 0 unspecified atom stereocenters. The van der Waals surface area contributed by atoms with E-state index in [-0.39, 0.29) is 11.9 Å². The molecule has 0 aliphatic heterocycles. The van der Waals surface area contributed by atoms with E-state index < -0.39 is 0 Å². The summed E-state index contributed by atoms with van der Waals surface area (Å²) >= 11 is 1.60. The molecule has 0 fully saturated rings. The van der Waals surface area contributed by atoms with E-state index in [0.717, 1.165) is 24.1 Å². The highest BCUT2D eigenvalue weighted by molar-refractivity contribution is 7.15. The van der Waals surface area contributed by atoms with Gasteiger partial charge in [0.05, 0.1) is 10.9 Å². The van der Waals surface area contributed by atoms with Gasteiger partial charge in [-0.25, -0.2) is 4.98 Å². The molecule has 1 aromatic carbocycles. The van der Waals surface area contributed by atoms with Crippen LogP contribution in [-0.4, -0.2) is 10.9 Å². The third-order valence-electron chi connectivity index (χ3n) is 4.42. The van der Waals surface area contributed by atoms with Crippen molar-refractivity contribution in [3.05, 3.63) is 64.5 Å². The van der Waals surface area contributed by atoms with Gasteiger partial charge in [0.1, 0.15) is 0 Å². The molecule has 0 saturated carbocycles. The van der Waals surface area contributed by atoms with Crippen molar-refractivity contribution in [1.29, 1.82) is 0 Å². The Kier molecular flexibility index (Phi) is 3.94. The van der Waals surface area contributed by atoms with E-state index in [2.05, 4.69) is 28.5 Å². The van der Waals surface area contributed by atoms with Gasteiger partial charge in [-0.15, -0.1) is 11.3 Å². The van der Waals surface area contributed by atoms with Gasteiger partial charge in [0.25, 0.3) is 5.91 Å². The summed E-state index contributed by atoms with van der Waals surface area (Å²) in [5, 5.41) is 3.14. The van der Waals surface area contributed by atoms with Crippen molar-refractivity contribution in [2.75, 3.05) is 0 Å². The Balaban J connectivity index is 1.59. The molecule has 1 aliphatic carbocycles. The van der Waals surface area contributed by atoms with Crippen LogP contribution in [0.1, 0.15) is 45.4 Å². The number of nitrogens with one attached hydrogen (secondary N) is 1. The van der Waals surface area contributed by atoms with E-state index in [0.29, 0.717) is 11.5 Å². The third kappa shape index (κ3) is 2.76. The lowest BCUT2D eigenvalue weighted by Crippen LogP contribution is -2.31. The van der Waals surface area contributed by atoms with Gasteiger partial charge in [-0.05, 0) is 49.4 Å². The quantitative estimate of drug-likeness (QED) is 0.764. The Bertz CT molecular complexity index is 881. The Morgan fingerprint density at radius 3 is 3.00 bits per heavy atom. The molecule has 4 nitrogen and oxygen atoms in total. The number of thiophene rings is 1. The van der Waals surface area contributed by atoms with Crippen LogP contribution in [0.3, 0.4) is 0 Å². The monoisotopic (exact) mass is 338 g/mol. The predicted molar refractivity (Wildman–Crippen MR) is 94.1 cm³/mol. The van der Waals surface area contributed by atoms with Gasteiger partial charge >= 0.3 is 0 Å². The lowest BCUT2D eigenvalue weighted by atomic mass is 9.87. The fourth-order valence-electron chi connectivity index (χ4n) is 3.27. The zero-order chi connectivity index (χ0) is 16.5. The zero-order valence-corrected chi connectivity index (χ0v) is 14.2. The summed E-state index contributed by atoms with van der Waals surface area (Å²) < 4.78 is 5.48. The molecule has 1 aliphatic rings. The molecule has 1 atom stereocenters. The van der Waals surface area contributed by atoms with Gasteiger partial charge in [0, 0.05) is 4.88 Å². The van der Waals surface area contributed by atoms with Crippen molar-refractivity contribution < 1.29 is 9.21 Å². The Hall–Kier alpha value is -2.40. The highest BCUT2D eigenvalue weighted by atomic mass is 32.1. The number of carbonyl (C=O) groups excluding carboxylic acids is 1. The second kappa shape index (κ2) is 6.24. The van der Waals surface area contributed by atoms with Crippen LogP contribution in [0.4, 0.5) is 0 Å². The number of oxazole rings is 1. The molecule has 2 heterocycles. The summed E-state index contributed by atoms with van der Waals surface area (Å²) in [6, 6.07) is 12.3. The maximum Gasteiger partial charge on any atom is 0.274 e. The standard InChI is InChI=1S/C19H18N2O2S/c1-12-9-10-16(24-12)18-17(20-11-23-18)19(22)21-15-8-4-6-13-5-2-3-7-14(13)15/h2-3,5,7,9-11,15H,4,6,8H2,1H3,(H,21,22)/t15-/m0/s1. The fourth-order valence-corrected chi connectivity index (χ4v) is 4.13. The predicted octanol–water partition coefficient (Wildman–Crippen LogP) is 4.52. The van der Waals surface area contributed by atoms with Crippen LogP contribution in [0.25, 0.3) is 10.6 Å². The van der Waals surface area contributed by atoms with Crippen molar-refractivity contribution in [2.24, 2.45) is 0 Å². The van der Waals surface area contributed by atoms with Gasteiger partial charge in [0.15, 0.2) is 17.8 Å². The first-order valence-electron chi connectivity index (χ1n) is 8.11. The lowest BCUT2D eigenvalue weighted by molar-refractivity contribution is 0.0928. The molecule has 24 heavy (non-hydrogen) atoms. The van der Waals surface area contributed by atoms with Crippen LogP contribution in [0.5, 0.6) is 0 Å². The van der Waals surface area contributed by atoms with E-state index in [9.17, 15) is 4.79 Å². The van der Waals surface area contributed by atoms with Crippen molar-refractivity contribution in [3.8, 4) is 10.6 Å². The maximum absolute atomic E-state index is 12.8. The summed E-state index contributed by atoms with van der Waals surface area (Å²) in [7, 11) is 0. The Morgan fingerprint density at radius 2 is 2.17 bits per heavy atom. The first-order valence-corrected chi connectivity index (χ1v) is 8.93. The van der Waals surface area contributed by atoms with Crippen molar-refractivity contribution in [2.45, 2.75) is 32.2 Å². The molecule has 4 rings (SSSR count). The molecule has 122 valence electrons. The number of carbonyl (C=O) groups is 1. The minimum atomic E-state index is -0.175. The lowest BCUT2D eigenvalue weighted by Gasteiger charge is -2.26. The molecule has 1 amide bonds. The number of hydrogen-bond donors (Lipinski definition) is 1. The fraction of sp³-hybridized carbons (Fsp3) is 0.263. The molecule has 0 bridgehead atoms. The van der Waals surface area contributed by atoms with E-state index in [4.69, 9.17) is 4.42 Å². The number of amides is 1. The van der Waals surface area contributed by atoms with Gasteiger partial charge in [-0.1, -0.05) is 24.3 Å². The molecule has 1 N–H and O–H groups in total. The highest BCUT2D eigenvalue weighted by Gasteiger charge is 2.25. The summed E-state index contributed by atoms with van der Waals surface area (Å²) in [5.74, 6) is 0.376. The molecule has 5 heteroatoms. The molecule has 3 aromatic rings. The van der Waals surface area contributed by atoms with Gasteiger partial charge in [-0.2, -0.15) is 0 Å². The van der Waals surface area contributed by atoms with E-state index in [1.807, 2.05) is 25.1 Å². The van der Waals surface area contributed by atoms with Crippen LogP contribution in [0.2, 0.25) is 0 Å². The molecular formula is C19H18N2O2S. The van der Waals surface area contributed by atoms with Crippen molar-refractivity contribution in [3.63, 3.8) is 0 Å². The number of aromatic nitrogens is 1. The molecular weight excluding hydrogens is 320 g/mol. The number of rotatable bonds is 3. The van der Waals surface area contributed by atoms with E-state index in [1.54, 1.807) is 11.3 Å². The zero-order valence-electron chi connectivity index (χ0n) is 13.4. The van der Waals surface area contributed by atoms with Crippen LogP contribution in [-0.2, 0) is 6.42 Å². The topological polar surface area (TPSA) is 55.1 Å². The summed E-state index contributed by atoms with van der Waals surface area (Å²) in [6.07, 6.45) is 4.45. The highest BCUT2D eigenvalue weighted by Crippen LogP contribution is 2.32. The first-order chi connectivity index (χ1) is 11.7.